The SMILES string of the molecule is Cc1nn(-c2ccccc2)c(Cl)c1C=NNC(=O)c1ccc2ccccc2n1. The van der Waals surface area contributed by atoms with Crippen LogP contribution in [0.4, 0.5) is 0 Å². The fourth-order valence-corrected chi connectivity index (χ4v) is 3.12. The number of hydrogen-bond acceptors (Lipinski definition) is 4. The number of carbonyl (C=O) groups is 1. The molecule has 0 fully saturated rings. The second-order valence-corrected chi connectivity index (χ2v) is 6.48. The zero-order valence-corrected chi connectivity index (χ0v) is 15.8. The number of hydrazone groups is 1. The highest BCUT2D eigenvalue weighted by Crippen LogP contribution is 2.21. The quantitative estimate of drug-likeness (QED) is 0.421. The van der Waals surface area contributed by atoms with Gasteiger partial charge in [0.25, 0.3) is 5.91 Å². The molecule has 138 valence electrons. The van der Waals surface area contributed by atoms with Gasteiger partial charge in [0.15, 0.2) is 0 Å². The fourth-order valence-electron chi connectivity index (χ4n) is 2.80. The molecule has 0 saturated carbocycles. The van der Waals surface area contributed by atoms with E-state index in [1.807, 2.05) is 67.6 Å². The average Bonchev–Trinajstić information content (AvgIpc) is 3.02. The summed E-state index contributed by atoms with van der Waals surface area (Å²) in [5.41, 5.74) is 5.72. The Morgan fingerprint density at radius 1 is 1.07 bits per heavy atom. The Morgan fingerprint density at radius 2 is 1.82 bits per heavy atom. The maximum atomic E-state index is 12.3. The van der Waals surface area contributed by atoms with E-state index in [1.54, 1.807) is 10.7 Å². The lowest BCUT2D eigenvalue weighted by atomic mass is 10.2. The summed E-state index contributed by atoms with van der Waals surface area (Å²) < 4.78 is 1.63. The van der Waals surface area contributed by atoms with Gasteiger partial charge in [-0.1, -0.05) is 54.1 Å². The van der Waals surface area contributed by atoms with Gasteiger partial charge in [-0.25, -0.2) is 15.1 Å². The highest BCUT2D eigenvalue weighted by Gasteiger charge is 2.13. The van der Waals surface area contributed by atoms with E-state index in [2.05, 4.69) is 20.6 Å². The van der Waals surface area contributed by atoms with Crippen LogP contribution in [0.1, 0.15) is 21.7 Å². The van der Waals surface area contributed by atoms with E-state index in [1.165, 1.54) is 6.21 Å². The van der Waals surface area contributed by atoms with E-state index in [9.17, 15) is 4.79 Å². The standard InChI is InChI=1S/C21H16ClN5O/c1-14-17(20(22)27(26-14)16-8-3-2-4-9-16)13-23-25-21(28)19-12-11-15-7-5-6-10-18(15)24-19/h2-13H,1H3,(H,25,28). The van der Waals surface area contributed by atoms with Crippen LogP contribution in [0.15, 0.2) is 71.8 Å². The van der Waals surface area contributed by atoms with Gasteiger partial charge in [0, 0.05) is 5.39 Å². The highest BCUT2D eigenvalue weighted by molar-refractivity contribution is 6.32. The number of para-hydroxylation sites is 2. The summed E-state index contributed by atoms with van der Waals surface area (Å²) in [6.07, 6.45) is 1.49. The predicted molar refractivity (Wildman–Crippen MR) is 110 cm³/mol. The van der Waals surface area contributed by atoms with E-state index in [0.717, 1.165) is 16.6 Å². The minimum atomic E-state index is -0.397. The molecular weight excluding hydrogens is 374 g/mol. The van der Waals surface area contributed by atoms with Gasteiger partial charge in [-0.2, -0.15) is 10.2 Å². The third kappa shape index (κ3) is 3.50. The van der Waals surface area contributed by atoms with Gasteiger partial charge in [-0.15, -0.1) is 0 Å². The molecule has 0 saturated heterocycles. The molecule has 0 radical (unpaired) electrons. The molecule has 4 aromatic rings. The van der Waals surface area contributed by atoms with Gasteiger partial charge in [0.05, 0.1) is 28.7 Å². The molecule has 0 unspecified atom stereocenters. The first-order valence-electron chi connectivity index (χ1n) is 8.63. The summed E-state index contributed by atoms with van der Waals surface area (Å²) in [6.45, 7) is 1.83. The van der Waals surface area contributed by atoms with Gasteiger partial charge >= 0.3 is 0 Å². The summed E-state index contributed by atoms with van der Waals surface area (Å²) in [7, 11) is 0. The Bertz CT molecular complexity index is 1180. The Kier molecular flexibility index (Phi) is 4.87. The molecule has 6 nitrogen and oxygen atoms in total. The summed E-state index contributed by atoms with van der Waals surface area (Å²) >= 11 is 6.45. The van der Waals surface area contributed by atoms with Crippen LogP contribution in [-0.4, -0.2) is 26.9 Å². The minimum absolute atomic E-state index is 0.290. The third-order valence-electron chi connectivity index (χ3n) is 4.24. The van der Waals surface area contributed by atoms with Crippen LogP contribution in [0.3, 0.4) is 0 Å². The van der Waals surface area contributed by atoms with Crippen LogP contribution in [0.5, 0.6) is 0 Å². The van der Waals surface area contributed by atoms with Crippen LogP contribution in [0, 0.1) is 6.92 Å². The number of nitrogens with zero attached hydrogens (tertiary/aromatic N) is 4. The molecule has 0 atom stereocenters. The molecule has 4 rings (SSSR count). The second-order valence-electron chi connectivity index (χ2n) is 6.13. The normalized spacial score (nSPS) is 11.2. The zero-order chi connectivity index (χ0) is 19.5. The number of carbonyl (C=O) groups excluding carboxylic acids is 1. The first-order valence-corrected chi connectivity index (χ1v) is 9.01. The largest absolute Gasteiger partial charge is 0.289 e. The molecule has 1 N–H and O–H groups in total. The number of rotatable bonds is 4. The number of nitrogens with one attached hydrogen (secondary N) is 1. The van der Waals surface area contributed by atoms with Gasteiger partial charge in [0.1, 0.15) is 10.8 Å². The van der Waals surface area contributed by atoms with Crippen molar-refractivity contribution in [1.29, 1.82) is 0 Å². The molecule has 2 aromatic carbocycles. The first-order chi connectivity index (χ1) is 13.6. The Hall–Kier alpha value is -3.51. The smallest absolute Gasteiger partial charge is 0.266 e. The van der Waals surface area contributed by atoms with Crippen molar-refractivity contribution < 1.29 is 4.79 Å². The van der Waals surface area contributed by atoms with Crippen molar-refractivity contribution in [3.63, 3.8) is 0 Å². The number of halogens is 1. The molecule has 0 aliphatic heterocycles. The maximum absolute atomic E-state index is 12.3. The molecule has 0 aliphatic carbocycles. The van der Waals surface area contributed by atoms with E-state index in [4.69, 9.17) is 11.6 Å². The van der Waals surface area contributed by atoms with Crippen molar-refractivity contribution in [2.45, 2.75) is 6.92 Å². The molecule has 0 bridgehead atoms. The highest BCUT2D eigenvalue weighted by atomic mass is 35.5. The topological polar surface area (TPSA) is 72.2 Å². The Labute approximate surface area is 166 Å². The molecule has 28 heavy (non-hydrogen) atoms. The minimum Gasteiger partial charge on any atom is -0.266 e. The van der Waals surface area contributed by atoms with Gasteiger partial charge in [-0.3, -0.25) is 4.79 Å². The van der Waals surface area contributed by atoms with Crippen molar-refractivity contribution in [2.75, 3.05) is 0 Å². The number of aromatic nitrogens is 3. The number of fused-ring (bicyclic) bond motifs is 1. The molecule has 7 heteroatoms. The molecule has 2 heterocycles. The number of aryl methyl sites for hydroxylation is 1. The number of hydrogen-bond donors (Lipinski definition) is 1. The summed E-state index contributed by atoms with van der Waals surface area (Å²) in [5.74, 6) is -0.397. The molecule has 0 spiro atoms. The maximum Gasteiger partial charge on any atom is 0.289 e. The van der Waals surface area contributed by atoms with E-state index in [-0.39, 0.29) is 0 Å². The summed E-state index contributed by atoms with van der Waals surface area (Å²) in [6, 6.07) is 20.7. The predicted octanol–water partition coefficient (Wildman–Crippen LogP) is 4.15. The lowest BCUT2D eigenvalue weighted by Gasteiger charge is -2.02. The molecule has 0 aliphatic rings. The fraction of sp³-hybridized carbons (Fsp3) is 0.0476. The zero-order valence-electron chi connectivity index (χ0n) is 15.0. The van der Waals surface area contributed by atoms with Crippen LogP contribution >= 0.6 is 11.6 Å². The lowest BCUT2D eigenvalue weighted by molar-refractivity contribution is 0.0950. The summed E-state index contributed by atoms with van der Waals surface area (Å²) in [4.78, 5) is 16.7. The van der Waals surface area contributed by atoms with Gasteiger partial charge in [0.2, 0.25) is 0 Å². The lowest BCUT2D eigenvalue weighted by Crippen LogP contribution is -2.19. The Balaban J connectivity index is 1.53. The van der Waals surface area contributed by atoms with Crippen LogP contribution in [0.2, 0.25) is 5.15 Å². The van der Waals surface area contributed by atoms with Crippen molar-refractivity contribution in [3.05, 3.63) is 88.8 Å². The van der Waals surface area contributed by atoms with Crippen molar-refractivity contribution in [2.24, 2.45) is 5.10 Å². The van der Waals surface area contributed by atoms with E-state index >= 15 is 0 Å². The number of benzene rings is 2. The van der Waals surface area contributed by atoms with Crippen LogP contribution < -0.4 is 5.43 Å². The van der Waals surface area contributed by atoms with Crippen molar-refractivity contribution in [1.82, 2.24) is 20.2 Å². The first kappa shape index (κ1) is 17.9. The third-order valence-corrected chi connectivity index (χ3v) is 4.60. The van der Waals surface area contributed by atoms with Crippen molar-refractivity contribution in [3.8, 4) is 5.69 Å². The van der Waals surface area contributed by atoms with E-state index in [0.29, 0.717) is 22.1 Å². The van der Waals surface area contributed by atoms with Crippen molar-refractivity contribution >= 4 is 34.6 Å². The van der Waals surface area contributed by atoms with Crippen LogP contribution in [-0.2, 0) is 0 Å². The number of amides is 1. The van der Waals surface area contributed by atoms with Crippen LogP contribution in [0.25, 0.3) is 16.6 Å². The average molecular weight is 390 g/mol. The number of pyridine rings is 1. The van der Waals surface area contributed by atoms with E-state index < -0.39 is 5.91 Å². The Morgan fingerprint density at radius 3 is 2.64 bits per heavy atom. The molecule has 2 aromatic heterocycles. The second kappa shape index (κ2) is 7.62. The monoisotopic (exact) mass is 389 g/mol. The van der Waals surface area contributed by atoms with Gasteiger partial charge in [-0.05, 0) is 31.2 Å². The summed E-state index contributed by atoms with van der Waals surface area (Å²) in [5, 5.41) is 9.86. The molecule has 1 amide bonds. The molecular formula is C21H16ClN5O. The van der Waals surface area contributed by atoms with Gasteiger partial charge < -0.3 is 0 Å².